The third kappa shape index (κ3) is 5.75. The van der Waals surface area contributed by atoms with Crippen LogP contribution in [0.25, 0.3) is 0 Å². The van der Waals surface area contributed by atoms with Crippen LogP contribution in [-0.2, 0) is 20.7 Å². The Morgan fingerprint density at radius 1 is 1.41 bits per heavy atom. The van der Waals surface area contributed by atoms with Gasteiger partial charge in [0.05, 0.1) is 25.4 Å². The van der Waals surface area contributed by atoms with Crippen LogP contribution in [0.3, 0.4) is 0 Å². The molecule has 124 valence electrons. The molecule has 0 saturated carbocycles. The molecule has 0 aliphatic carbocycles. The molecule has 1 aromatic carbocycles. The summed E-state index contributed by atoms with van der Waals surface area (Å²) in [7, 11) is 0. The van der Waals surface area contributed by atoms with E-state index in [0.717, 1.165) is 16.7 Å². The molecule has 3 N–H and O–H groups in total. The van der Waals surface area contributed by atoms with Gasteiger partial charge >= 0.3 is 5.97 Å². The number of rotatable bonds is 9. The Morgan fingerprint density at radius 2 is 2.14 bits per heavy atom. The number of aryl methyl sites for hydroxylation is 2. The highest BCUT2D eigenvalue weighted by atomic mass is 16.5. The molecule has 0 spiro atoms. The van der Waals surface area contributed by atoms with E-state index in [4.69, 9.17) is 15.2 Å². The minimum Gasteiger partial charge on any atom is -0.466 e. The van der Waals surface area contributed by atoms with Gasteiger partial charge in [-0.25, -0.2) is 0 Å². The predicted molar refractivity (Wildman–Crippen MR) is 85.6 cm³/mol. The first-order chi connectivity index (χ1) is 10.5. The summed E-state index contributed by atoms with van der Waals surface area (Å²) in [6, 6.07) is 5.99. The van der Waals surface area contributed by atoms with Crippen LogP contribution in [0.15, 0.2) is 18.2 Å². The maximum absolute atomic E-state index is 11.5. The first-order valence-corrected chi connectivity index (χ1v) is 7.73. The number of hydrogen-bond donors (Lipinski definition) is 2. The second kappa shape index (κ2) is 9.56. The van der Waals surface area contributed by atoms with Crippen LogP contribution in [0, 0.1) is 6.92 Å². The predicted octanol–water partition coefficient (Wildman–Crippen LogP) is 1.89. The molecular formula is C17H27NO4. The Labute approximate surface area is 132 Å². The van der Waals surface area contributed by atoms with Gasteiger partial charge in [0.1, 0.15) is 0 Å². The van der Waals surface area contributed by atoms with E-state index in [1.54, 1.807) is 6.92 Å². The molecule has 22 heavy (non-hydrogen) atoms. The number of benzene rings is 1. The lowest BCUT2D eigenvalue weighted by Crippen LogP contribution is -2.26. The molecule has 5 heteroatoms. The molecule has 0 fully saturated rings. The molecule has 5 nitrogen and oxygen atoms in total. The monoisotopic (exact) mass is 309 g/mol. The Kier molecular flexibility index (Phi) is 8.09. The Balaban J connectivity index is 2.77. The third-order valence-corrected chi connectivity index (χ3v) is 3.54. The van der Waals surface area contributed by atoms with E-state index in [9.17, 15) is 9.90 Å². The third-order valence-electron chi connectivity index (χ3n) is 3.54. The van der Waals surface area contributed by atoms with E-state index in [0.29, 0.717) is 19.4 Å². The summed E-state index contributed by atoms with van der Waals surface area (Å²) in [5, 5.41) is 9.52. The van der Waals surface area contributed by atoms with E-state index < -0.39 is 6.10 Å². The number of esters is 1. The Bertz CT molecular complexity index is 476. The van der Waals surface area contributed by atoms with Crippen LogP contribution in [0.2, 0.25) is 0 Å². The average molecular weight is 309 g/mol. The minimum absolute atomic E-state index is 0.167. The van der Waals surface area contributed by atoms with Crippen LogP contribution in [0.5, 0.6) is 0 Å². The molecule has 1 unspecified atom stereocenters. The zero-order valence-electron chi connectivity index (χ0n) is 13.7. The quantitative estimate of drug-likeness (QED) is 0.681. The van der Waals surface area contributed by atoms with E-state index in [1.807, 2.05) is 32.0 Å². The fourth-order valence-corrected chi connectivity index (χ4v) is 2.42. The van der Waals surface area contributed by atoms with Crippen molar-refractivity contribution in [3.05, 3.63) is 34.9 Å². The van der Waals surface area contributed by atoms with Gasteiger partial charge in [-0.2, -0.15) is 0 Å². The van der Waals surface area contributed by atoms with Crippen LogP contribution in [-0.4, -0.2) is 36.9 Å². The minimum atomic E-state index is -0.658. The van der Waals surface area contributed by atoms with Gasteiger partial charge in [-0.1, -0.05) is 18.2 Å². The number of aliphatic hydroxyl groups is 1. The van der Waals surface area contributed by atoms with Gasteiger partial charge in [0.25, 0.3) is 0 Å². The van der Waals surface area contributed by atoms with Gasteiger partial charge in [0.15, 0.2) is 0 Å². The summed E-state index contributed by atoms with van der Waals surface area (Å²) < 4.78 is 10.7. The van der Waals surface area contributed by atoms with Gasteiger partial charge in [0.2, 0.25) is 0 Å². The summed E-state index contributed by atoms with van der Waals surface area (Å²) in [6.07, 6.45) is 0.139. The van der Waals surface area contributed by atoms with Gasteiger partial charge in [-0.3, -0.25) is 4.79 Å². The highest BCUT2D eigenvalue weighted by molar-refractivity contribution is 5.69. The molecule has 0 aromatic heterocycles. The number of ether oxygens (including phenoxy) is 2. The lowest BCUT2D eigenvalue weighted by Gasteiger charge is -2.21. The fraction of sp³-hybridized carbons (Fsp3) is 0.588. The molecule has 0 bridgehead atoms. The van der Waals surface area contributed by atoms with Crippen molar-refractivity contribution in [2.45, 2.75) is 45.8 Å². The maximum Gasteiger partial charge on any atom is 0.306 e. The van der Waals surface area contributed by atoms with Crippen molar-refractivity contribution in [2.75, 3.05) is 19.8 Å². The highest BCUT2D eigenvalue weighted by Crippen LogP contribution is 2.26. The number of aliphatic hydroxyl groups excluding tert-OH is 1. The van der Waals surface area contributed by atoms with Gasteiger partial charge in [0, 0.05) is 13.0 Å². The largest absolute Gasteiger partial charge is 0.466 e. The first kappa shape index (κ1) is 18.6. The van der Waals surface area contributed by atoms with Crippen LogP contribution in [0.4, 0.5) is 0 Å². The van der Waals surface area contributed by atoms with Crippen LogP contribution in [0.1, 0.15) is 43.1 Å². The van der Waals surface area contributed by atoms with Crippen molar-refractivity contribution in [3.63, 3.8) is 0 Å². The molecule has 0 radical (unpaired) electrons. The van der Waals surface area contributed by atoms with Gasteiger partial charge in [-0.05, 0) is 43.9 Å². The summed E-state index contributed by atoms with van der Waals surface area (Å²) in [4.78, 5) is 11.5. The van der Waals surface area contributed by atoms with Crippen LogP contribution < -0.4 is 5.73 Å². The number of hydrogen-bond acceptors (Lipinski definition) is 5. The average Bonchev–Trinajstić information content (AvgIpc) is 2.50. The molecule has 0 aliphatic heterocycles. The zero-order valence-corrected chi connectivity index (χ0v) is 13.7. The van der Waals surface area contributed by atoms with Crippen molar-refractivity contribution >= 4 is 5.97 Å². The van der Waals surface area contributed by atoms with Crippen molar-refractivity contribution < 1.29 is 19.4 Å². The van der Waals surface area contributed by atoms with Gasteiger partial charge in [-0.15, -0.1) is 0 Å². The summed E-state index contributed by atoms with van der Waals surface area (Å²) in [6.45, 7) is 6.53. The Morgan fingerprint density at radius 3 is 2.77 bits per heavy atom. The van der Waals surface area contributed by atoms with Crippen molar-refractivity contribution in [1.82, 2.24) is 0 Å². The number of nitrogens with two attached hydrogens (primary N) is 1. The molecule has 0 aliphatic rings. The van der Waals surface area contributed by atoms with Crippen molar-refractivity contribution in [3.8, 4) is 0 Å². The summed E-state index contributed by atoms with van der Waals surface area (Å²) >= 11 is 0. The Hall–Kier alpha value is -1.43. The standard InChI is InChI=1S/C17H27NO4/c1-4-21-16(20)9-8-14-7-5-6-12(2)17(14)13(3)22-11-15(19)10-18/h5-7,13,15,19H,4,8-11,18H2,1-3H3/t13?,15-/m1/s1. The SMILES string of the molecule is CCOC(=O)CCc1cccc(C)c1C(C)OC[C@H](O)CN. The van der Waals surface area contributed by atoms with Crippen molar-refractivity contribution in [1.29, 1.82) is 0 Å². The van der Waals surface area contributed by atoms with Crippen LogP contribution >= 0.6 is 0 Å². The maximum atomic E-state index is 11.5. The molecule has 1 aromatic rings. The summed E-state index contributed by atoms with van der Waals surface area (Å²) in [5.74, 6) is -0.193. The smallest absolute Gasteiger partial charge is 0.306 e. The molecule has 0 saturated heterocycles. The first-order valence-electron chi connectivity index (χ1n) is 7.73. The van der Waals surface area contributed by atoms with Crippen molar-refractivity contribution in [2.24, 2.45) is 5.73 Å². The van der Waals surface area contributed by atoms with E-state index in [2.05, 4.69) is 0 Å². The second-order valence-corrected chi connectivity index (χ2v) is 5.32. The zero-order chi connectivity index (χ0) is 16.5. The molecule has 2 atom stereocenters. The molecule has 1 rings (SSSR count). The molecule has 0 amide bonds. The lowest BCUT2D eigenvalue weighted by molar-refractivity contribution is -0.143. The molecular weight excluding hydrogens is 282 g/mol. The van der Waals surface area contributed by atoms with E-state index >= 15 is 0 Å². The normalized spacial score (nSPS) is 13.7. The summed E-state index contributed by atoms with van der Waals surface area (Å²) in [5.41, 5.74) is 8.63. The van der Waals surface area contributed by atoms with E-state index in [-0.39, 0.29) is 25.2 Å². The second-order valence-electron chi connectivity index (χ2n) is 5.32. The van der Waals surface area contributed by atoms with E-state index in [1.165, 1.54) is 0 Å². The number of carbonyl (C=O) groups excluding carboxylic acids is 1. The molecule has 0 heterocycles. The fourth-order valence-electron chi connectivity index (χ4n) is 2.42. The highest BCUT2D eigenvalue weighted by Gasteiger charge is 2.16. The number of carbonyl (C=O) groups is 1. The topological polar surface area (TPSA) is 81.8 Å². The lowest BCUT2D eigenvalue weighted by atomic mass is 9.95. The van der Waals surface area contributed by atoms with Gasteiger partial charge < -0.3 is 20.3 Å².